The first-order valence-corrected chi connectivity index (χ1v) is 12.5. The molecule has 3 aromatic rings. The van der Waals surface area contributed by atoms with Crippen molar-refractivity contribution in [3.05, 3.63) is 42.0 Å². The molecule has 3 heterocycles. The third-order valence-corrected chi connectivity index (χ3v) is 7.67. The number of carboxylic acid groups (broad SMARTS) is 1. The molecule has 0 saturated heterocycles. The van der Waals surface area contributed by atoms with E-state index in [1.807, 2.05) is 36.0 Å². The van der Waals surface area contributed by atoms with Crippen LogP contribution >= 0.6 is 0 Å². The number of methoxy groups -OCH3 is 1. The molecule has 1 amide bonds. The van der Waals surface area contributed by atoms with Gasteiger partial charge in [-0.25, -0.2) is 9.78 Å². The van der Waals surface area contributed by atoms with Gasteiger partial charge in [-0.3, -0.25) is 14.4 Å². The number of imidazole rings is 1. The van der Waals surface area contributed by atoms with Crippen molar-refractivity contribution >= 4 is 28.8 Å². The van der Waals surface area contributed by atoms with Gasteiger partial charge in [-0.1, -0.05) is 13.3 Å². The molecule has 186 valence electrons. The Morgan fingerprint density at radius 1 is 1.26 bits per heavy atom. The first-order valence-electron chi connectivity index (χ1n) is 12.5. The zero-order chi connectivity index (χ0) is 24.7. The van der Waals surface area contributed by atoms with E-state index in [0.29, 0.717) is 13.0 Å². The van der Waals surface area contributed by atoms with Crippen LogP contribution < -0.4 is 4.90 Å². The van der Waals surface area contributed by atoms with Gasteiger partial charge in [0.05, 0.1) is 36.3 Å². The van der Waals surface area contributed by atoms with Crippen molar-refractivity contribution in [2.45, 2.75) is 76.9 Å². The van der Waals surface area contributed by atoms with E-state index in [1.54, 1.807) is 11.1 Å². The smallest absolute Gasteiger partial charge is 0.414 e. The van der Waals surface area contributed by atoms with Crippen molar-refractivity contribution in [3.63, 3.8) is 0 Å². The van der Waals surface area contributed by atoms with Crippen molar-refractivity contribution in [1.29, 1.82) is 0 Å². The average Bonchev–Trinajstić information content (AvgIpc) is 3.51. The summed E-state index contributed by atoms with van der Waals surface area (Å²) in [5, 5.41) is 14.1. The highest BCUT2D eigenvalue weighted by Crippen LogP contribution is 2.41. The van der Waals surface area contributed by atoms with Gasteiger partial charge in [0.15, 0.2) is 0 Å². The van der Waals surface area contributed by atoms with E-state index in [1.165, 1.54) is 7.11 Å². The summed E-state index contributed by atoms with van der Waals surface area (Å²) in [5.41, 5.74) is 3.83. The molecule has 0 spiro atoms. The Kier molecular flexibility index (Phi) is 6.25. The number of amides is 1. The Morgan fingerprint density at radius 2 is 2.09 bits per heavy atom. The van der Waals surface area contributed by atoms with E-state index in [2.05, 4.69) is 16.6 Å². The molecule has 1 saturated carbocycles. The van der Waals surface area contributed by atoms with Crippen molar-refractivity contribution < 1.29 is 19.4 Å². The van der Waals surface area contributed by atoms with Crippen LogP contribution in [0.15, 0.2) is 30.6 Å². The summed E-state index contributed by atoms with van der Waals surface area (Å²) >= 11 is 0. The summed E-state index contributed by atoms with van der Waals surface area (Å²) in [6.45, 7) is 4.86. The number of carboxylic acids is 1. The molecule has 5 rings (SSSR count). The first-order chi connectivity index (χ1) is 16.9. The minimum Gasteiger partial charge on any atom is -0.481 e. The number of hydrogen-bond acceptors (Lipinski definition) is 5. The molecule has 1 fully saturated rings. The van der Waals surface area contributed by atoms with E-state index in [4.69, 9.17) is 9.72 Å². The molecule has 35 heavy (non-hydrogen) atoms. The Hall–Kier alpha value is -3.36. The van der Waals surface area contributed by atoms with Gasteiger partial charge >= 0.3 is 12.1 Å². The van der Waals surface area contributed by atoms with Crippen LogP contribution in [0.25, 0.3) is 11.0 Å². The summed E-state index contributed by atoms with van der Waals surface area (Å²) in [5.74, 6) is -0.0373. The van der Waals surface area contributed by atoms with E-state index in [-0.39, 0.29) is 30.0 Å². The second-order valence-electron chi connectivity index (χ2n) is 9.98. The highest BCUT2D eigenvalue weighted by Gasteiger charge is 2.35. The number of ether oxygens (including phenoxy) is 1. The largest absolute Gasteiger partial charge is 0.481 e. The van der Waals surface area contributed by atoms with E-state index in [0.717, 1.165) is 60.2 Å². The topological polar surface area (TPSA) is 102 Å². The number of benzene rings is 1. The number of anilines is 1. The highest BCUT2D eigenvalue weighted by atomic mass is 16.5. The maximum Gasteiger partial charge on any atom is 0.414 e. The number of aryl methyl sites for hydroxylation is 1. The quantitative estimate of drug-likeness (QED) is 0.566. The Labute approximate surface area is 204 Å². The molecule has 2 aliphatic rings. The van der Waals surface area contributed by atoms with Crippen molar-refractivity contribution in [2.24, 2.45) is 5.92 Å². The maximum atomic E-state index is 12.6. The van der Waals surface area contributed by atoms with Gasteiger partial charge in [-0.15, -0.1) is 0 Å². The number of carbonyl (C=O) groups is 2. The molecular weight excluding hydrogens is 446 g/mol. The molecular formula is C26H33N5O4. The van der Waals surface area contributed by atoms with Crippen LogP contribution in [0.3, 0.4) is 0 Å². The highest BCUT2D eigenvalue weighted by molar-refractivity contribution is 5.95. The number of carbonyl (C=O) groups excluding carboxylic acids is 1. The molecule has 0 unspecified atom stereocenters. The lowest BCUT2D eigenvalue weighted by atomic mass is 9.85. The number of aromatic nitrogens is 4. The van der Waals surface area contributed by atoms with Crippen LogP contribution in [0.2, 0.25) is 0 Å². The van der Waals surface area contributed by atoms with Crippen LogP contribution in [0.4, 0.5) is 10.5 Å². The van der Waals surface area contributed by atoms with Crippen molar-refractivity contribution in [2.75, 3.05) is 12.0 Å². The molecule has 1 aromatic carbocycles. The fourth-order valence-electron chi connectivity index (χ4n) is 5.92. The lowest BCUT2D eigenvalue weighted by molar-refractivity contribution is -0.143. The zero-order valence-corrected chi connectivity index (χ0v) is 20.6. The SMILES string of the molecule is COC(=O)N1c2ccc3c(nc([C@@H](C)Cn4cccn4)n3[C@@H]3CCC[C@@H](C(=O)O)C3)c2CC[C@@H]1C. The molecule has 0 bridgehead atoms. The van der Waals surface area contributed by atoms with Gasteiger partial charge in [0, 0.05) is 36.0 Å². The summed E-state index contributed by atoms with van der Waals surface area (Å²) in [6.07, 6.45) is 8.15. The minimum atomic E-state index is -0.717. The van der Waals surface area contributed by atoms with Crippen LogP contribution in [-0.4, -0.2) is 49.7 Å². The minimum absolute atomic E-state index is 0.0439. The summed E-state index contributed by atoms with van der Waals surface area (Å²) < 4.78 is 9.28. The second kappa shape index (κ2) is 9.36. The van der Waals surface area contributed by atoms with Crippen LogP contribution in [0.5, 0.6) is 0 Å². The molecule has 4 atom stereocenters. The van der Waals surface area contributed by atoms with E-state index >= 15 is 0 Å². The summed E-state index contributed by atoms with van der Waals surface area (Å²) in [4.78, 5) is 31.3. The Bertz CT molecular complexity index is 1230. The molecule has 1 N–H and O–H groups in total. The van der Waals surface area contributed by atoms with Gasteiger partial charge in [-0.2, -0.15) is 5.10 Å². The fourth-order valence-corrected chi connectivity index (χ4v) is 5.92. The van der Waals surface area contributed by atoms with Gasteiger partial charge in [0.2, 0.25) is 0 Å². The lowest BCUT2D eigenvalue weighted by Gasteiger charge is -2.34. The van der Waals surface area contributed by atoms with E-state index < -0.39 is 5.97 Å². The lowest BCUT2D eigenvalue weighted by Crippen LogP contribution is -2.42. The van der Waals surface area contributed by atoms with Crippen LogP contribution in [0, 0.1) is 5.92 Å². The van der Waals surface area contributed by atoms with Gasteiger partial charge < -0.3 is 14.4 Å². The van der Waals surface area contributed by atoms with Crippen LogP contribution in [0.1, 0.15) is 69.3 Å². The standard InChI is InChI=1S/C26H33N5O4/c1-16(15-29-13-5-12-27-29)24-28-23-20-9-8-17(2)30(26(34)35-3)21(20)10-11-22(23)31(24)19-7-4-6-18(14-19)25(32)33/h5,10-13,16-19H,4,6-9,14-15H2,1-3H3,(H,32,33)/t16-,17-,18+,19+/m0/s1. The third-order valence-electron chi connectivity index (χ3n) is 7.67. The number of nitrogens with zero attached hydrogens (tertiary/aromatic N) is 5. The Morgan fingerprint density at radius 3 is 2.80 bits per heavy atom. The number of aliphatic carboxylic acids is 1. The molecule has 9 nitrogen and oxygen atoms in total. The molecule has 1 aliphatic heterocycles. The predicted octanol–water partition coefficient (Wildman–Crippen LogP) is 4.76. The first kappa shape index (κ1) is 23.4. The average molecular weight is 480 g/mol. The normalized spacial score (nSPS) is 23.2. The number of fused-ring (bicyclic) bond motifs is 3. The molecule has 1 aliphatic carbocycles. The molecule has 0 radical (unpaired) electrons. The number of rotatable bonds is 5. The molecule has 2 aromatic heterocycles. The second-order valence-corrected chi connectivity index (χ2v) is 9.98. The zero-order valence-electron chi connectivity index (χ0n) is 20.6. The van der Waals surface area contributed by atoms with Gasteiger partial charge in [-0.05, 0) is 57.2 Å². The van der Waals surface area contributed by atoms with Gasteiger partial charge in [0.25, 0.3) is 0 Å². The van der Waals surface area contributed by atoms with E-state index in [9.17, 15) is 14.7 Å². The van der Waals surface area contributed by atoms with Gasteiger partial charge in [0.1, 0.15) is 5.82 Å². The van der Waals surface area contributed by atoms with Crippen molar-refractivity contribution in [3.8, 4) is 0 Å². The predicted molar refractivity (Wildman–Crippen MR) is 132 cm³/mol. The summed E-state index contributed by atoms with van der Waals surface area (Å²) in [7, 11) is 1.41. The summed E-state index contributed by atoms with van der Waals surface area (Å²) in [6, 6.07) is 6.07. The third kappa shape index (κ3) is 4.17. The van der Waals surface area contributed by atoms with Crippen LogP contribution in [-0.2, 0) is 22.5 Å². The fraction of sp³-hybridized carbons (Fsp3) is 0.538. The number of hydrogen-bond donors (Lipinski definition) is 1. The van der Waals surface area contributed by atoms with Crippen molar-refractivity contribution in [1.82, 2.24) is 19.3 Å². The Balaban J connectivity index is 1.64. The molecule has 9 heteroatoms. The monoisotopic (exact) mass is 479 g/mol. The maximum absolute atomic E-state index is 12.6.